The molecule has 0 heterocycles. The highest BCUT2D eigenvalue weighted by Gasteiger charge is 2.23. The van der Waals surface area contributed by atoms with Gasteiger partial charge in [-0.2, -0.15) is 0 Å². The fourth-order valence-electron chi connectivity index (χ4n) is 2.37. The third kappa shape index (κ3) is 3.71. The van der Waals surface area contributed by atoms with Gasteiger partial charge < -0.3 is 9.47 Å². The molecule has 0 aliphatic rings. The summed E-state index contributed by atoms with van der Waals surface area (Å²) in [6.07, 6.45) is 3.37. The Morgan fingerprint density at radius 3 is 2.05 bits per heavy atom. The molecule has 0 fully saturated rings. The molecular weight excluding hydrogens is 259 g/mol. The number of hydrogen-bond donors (Lipinski definition) is 0. The Labute approximate surface area is 120 Å². The smallest absolute Gasteiger partial charge is 0.169 e. The lowest BCUT2D eigenvalue weighted by molar-refractivity contribution is 0.0900. The Kier molecular flexibility index (Phi) is 6.49. The van der Waals surface area contributed by atoms with Crippen molar-refractivity contribution in [2.45, 2.75) is 39.5 Å². The minimum Gasteiger partial charge on any atom is -0.493 e. The topological polar surface area (TPSA) is 35.5 Å². The Morgan fingerprint density at radius 1 is 1.10 bits per heavy atom. The highest BCUT2D eigenvalue weighted by atomic mass is 19.1. The zero-order valence-electron chi connectivity index (χ0n) is 12.7. The summed E-state index contributed by atoms with van der Waals surface area (Å²) >= 11 is 0. The number of benzene rings is 1. The lowest BCUT2D eigenvalue weighted by atomic mass is 9.89. The van der Waals surface area contributed by atoms with Gasteiger partial charge in [0.2, 0.25) is 0 Å². The maximum atomic E-state index is 14.1. The maximum absolute atomic E-state index is 14.1. The largest absolute Gasteiger partial charge is 0.493 e. The molecule has 20 heavy (non-hydrogen) atoms. The molecule has 0 N–H and O–H groups in total. The summed E-state index contributed by atoms with van der Waals surface area (Å²) in [4.78, 5) is 12.5. The average molecular weight is 282 g/mol. The number of hydrogen-bond acceptors (Lipinski definition) is 3. The molecule has 0 saturated heterocycles. The van der Waals surface area contributed by atoms with Crippen LogP contribution in [-0.4, -0.2) is 20.0 Å². The summed E-state index contributed by atoms with van der Waals surface area (Å²) < 4.78 is 24.3. The van der Waals surface area contributed by atoms with E-state index in [9.17, 15) is 9.18 Å². The molecule has 0 aromatic heterocycles. The van der Waals surface area contributed by atoms with Crippen LogP contribution in [0.4, 0.5) is 4.39 Å². The molecule has 3 nitrogen and oxygen atoms in total. The fourth-order valence-corrected chi connectivity index (χ4v) is 2.37. The van der Waals surface area contributed by atoms with Gasteiger partial charge in [0.15, 0.2) is 17.3 Å². The third-order valence-electron chi connectivity index (χ3n) is 3.38. The molecule has 0 aliphatic heterocycles. The standard InChI is InChI=1S/C16H23FO3/c1-5-7-11(8-6-2)16(18)12-9-14(19-3)15(20-4)10-13(12)17/h9-11H,5-8H2,1-4H3. The van der Waals surface area contributed by atoms with Crippen molar-refractivity contribution in [2.24, 2.45) is 5.92 Å². The van der Waals surface area contributed by atoms with Gasteiger partial charge in [0, 0.05) is 12.0 Å². The van der Waals surface area contributed by atoms with Crippen LogP contribution in [0.1, 0.15) is 49.9 Å². The molecule has 0 bridgehead atoms. The van der Waals surface area contributed by atoms with Crippen molar-refractivity contribution in [1.82, 2.24) is 0 Å². The van der Waals surface area contributed by atoms with Crippen LogP contribution in [0, 0.1) is 11.7 Å². The summed E-state index contributed by atoms with van der Waals surface area (Å²) in [7, 11) is 2.91. The van der Waals surface area contributed by atoms with Crippen LogP contribution >= 0.6 is 0 Å². The molecule has 1 aromatic rings. The number of carbonyl (C=O) groups excluding carboxylic acids is 1. The monoisotopic (exact) mass is 282 g/mol. The van der Waals surface area contributed by atoms with E-state index in [4.69, 9.17) is 9.47 Å². The first-order valence-electron chi connectivity index (χ1n) is 7.04. The van der Waals surface area contributed by atoms with E-state index in [1.54, 1.807) is 0 Å². The van der Waals surface area contributed by atoms with E-state index >= 15 is 0 Å². The lowest BCUT2D eigenvalue weighted by Gasteiger charge is -2.16. The third-order valence-corrected chi connectivity index (χ3v) is 3.38. The van der Waals surface area contributed by atoms with E-state index in [1.807, 2.05) is 13.8 Å². The van der Waals surface area contributed by atoms with Crippen molar-refractivity contribution in [3.05, 3.63) is 23.5 Å². The Morgan fingerprint density at radius 2 is 1.60 bits per heavy atom. The molecule has 0 radical (unpaired) electrons. The molecule has 0 saturated carbocycles. The van der Waals surface area contributed by atoms with Crippen LogP contribution in [-0.2, 0) is 0 Å². The second-order valence-electron chi connectivity index (χ2n) is 4.83. The van der Waals surface area contributed by atoms with Crippen molar-refractivity contribution in [2.75, 3.05) is 14.2 Å². The van der Waals surface area contributed by atoms with Gasteiger partial charge >= 0.3 is 0 Å². The summed E-state index contributed by atoms with van der Waals surface area (Å²) in [6.45, 7) is 4.06. The summed E-state index contributed by atoms with van der Waals surface area (Å²) in [5.41, 5.74) is 0.0922. The first-order valence-corrected chi connectivity index (χ1v) is 7.04. The number of methoxy groups -OCH3 is 2. The lowest BCUT2D eigenvalue weighted by Crippen LogP contribution is -2.16. The van der Waals surface area contributed by atoms with E-state index in [0.717, 1.165) is 25.7 Å². The van der Waals surface area contributed by atoms with Crippen LogP contribution in [0.15, 0.2) is 12.1 Å². The van der Waals surface area contributed by atoms with Gasteiger partial charge in [0.1, 0.15) is 5.82 Å². The van der Waals surface area contributed by atoms with Crippen LogP contribution in [0.5, 0.6) is 11.5 Å². The number of halogens is 1. The predicted molar refractivity (Wildman–Crippen MR) is 77.1 cm³/mol. The van der Waals surface area contributed by atoms with Gasteiger partial charge in [0.25, 0.3) is 0 Å². The maximum Gasteiger partial charge on any atom is 0.169 e. The van der Waals surface area contributed by atoms with Crippen molar-refractivity contribution in [3.8, 4) is 11.5 Å². The number of ketones is 1. The van der Waals surface area contributed by atoms with Crippen LogP contribution in [0.2, 0.25) is 0 Å². The van der Waals surface area contributed by atoms with Crippen LogP contribution in [0.3, 0.4) is 0 Å². The van der Waals surface area contributed by atoms with Gasteiger partial charge in [0.05, 0.1) is 19.8 Å². The van der Waals surface area contributed by atoms with Crippen molar-refractivity contribution in [3.63, 3.8) is 0 Å². The second-order valence-corrected chi connectivity index (χ2v) is 4.83. The Bertz CT molecular complexity index is 451. The zero-order valence-corrected chi connectivity index (χ0v) is 12.7. The number of ether oxygens (including phenoxy) is 2. The van der Waals surface area contributed by atoms with Gasteiger partial charge in [-0.15, -0.1) is 0 Å². The summed E-state index contributed by atoms with van der Waals surface area (Å²) in [6, 6.07) is 2.65. The summed E-state index contributed by atoms with van der Waals surface area (Å²) in [5.74, 6) is -0.150. The Balaban J connectivity index is 3.13. The minimum absolute atomic E-state index is 0.0922. The number of carbonyl (C=O) groups is 1. The molecule has 0 spiro atoms. The predicted octanol–water partition coefficient (Wildman–Crippen LogP) is 4.24. The SMILES string of the molecule is CCCC(CCC)C(=O)c1cc(OC)c(OC)cc1F. The first-order chi connectivity index (χ1) is 9.58. The van der Waals surface area contributed by atoms with Crippen LogP contribution < -0.4 is 9.47 Å². The Hall–Kier alpha value is -1.58. The number of rotatable bonds is 8. The van der Waals surface area contributed by atoms with E-state index in [0.29, 0.717) is 11.5 Å². The quantitative estimate of drug-likeness (QED) is 0.669. The number of Topliss-reactive ketones (excluding diaryl/α,β-unsaturated/α-hetero) is 1. The molecule has 1 rings (SSSR count). The zero-order chi connectivity index (χ0) is 15.1. The molecule has 112 valence electrons. The highest BCUT2D eigenvalue weighted by molar-refractivity contribution is 5.98. The normalized spacial score (nSPS) is 10.7. The van der Waals surface area contributed by atoms with E-state index in [2.05, 4.69) is 0 Å². The molecule has 0 aliphatic carbocycles. The van der Waals surface area contributed by atoms with Gasteiger partial charge in [-0.3, -0.25) is 4.79 Å². The van der Waals surface area contributed by atoms with Gasteiger partial charge in [-0.1, -0.05) is 26.7 Å². The second kappa shape index (κ2) is 7.88. The highest BCUT2D eigenvalue weighted by Crippen LogP contribution is 2.32. The molecule has 0 atom stereocenters. The van der Waals surface area contributed by atoms with E-state index in [-0.39, 0.29) is 17.3 Å². The van der Waals surface area contributed by atoms with E-state index in [1.165, 1.54) is 26.4 Å². The van der Waals surface area contributed by atoms with Crippen molar-refractivity contribution in [1.29, 1.82) is 0 Å². The molecular formula is C16H23FO3. The molecule has 0 unspecified atom stereocenters. The van der Waals surface area contributed by atoms with Crippen molar-refractivity contribution >= 4 is 5.78 Å². The molecule has 1 aromatic carbocycles. The van der Waals surface area contributed by atoms with E-state index < -0.39 is 5.82 Å². The average Bonchev–Trinajstić information content (AvgIpc) is 2.46. The minimum atomic E-state index is -0.551. The van der Waals surface area contributed by atoms with Crippen molar-refractivity contribution < 1.29 is 18.7 Å². The fraction of sp³-hybridized carbons (Fsp3) is 0.562. The van der Waals surface area contributed by atoms with Gasteiger partial charge in [-0.05, 0) is 18.9 Å². The van der Waals surface area contributed by atoms with Crippen LogP contribution in [0.25, 0.3) is 0 Å². The molecule has 4 heteroatoms. The molecule has 0 amide bonds. The summed E-state index contributed by atoms with van der Waals surface area (Å²) in [5, 5.41) is 0. The van der Waals surface area contributed by atoms with Gasteiger partial charge in [-0.25, -0.2) is 4.39 Å². The first kappa shape index (κ1) is 16.5.